The van der Waals surface area contributed by atoms with Crippen LogP contribution in [0, 0.1) is 0 Å². The van der Waals surface area contributed by atoms with E-state index < -0.39 is 0 Å². The number of hydrogen-bond acceptors (Lipinski definition) is 3. The number of hydrogen-bond donors (Lipinski definition) is 1. The SMILES string of the molecule is O=C(/C=C/c1ccc(Oc2ccccc2)cc1)c1ccc(O)cc1. The molecule has 1 N–H and O–H groups in total. The van der Waals surface area contributed by atoms with Crippen molar-refractivity contribution in [3.05, 3.63) is 96.1 Å². The molecular weight excluding hydrogens is 300 g/mol. The van der Waals surface area contributed by atoms with Gasteiger partial charge in [-0.25, -0.2) is 0 Å². The van der Waals surface area contributed by atoms with Gasteiger partial charge in [-0.15, -0.1) is 0 Å². The van der Waals surface area contributed by atoms with Crippen LogP contribution in [0.5, 0.6) is 17.2 Å². The van der Waals surface area contributed by atoms with Crippen molar-refractivity contribution in [2.24, 2.45) is 0 Å². The Hall–Kier alpha value is -3.33. The molecule has 0 atom stereocenters. The number of benzene rings is 3. The van der Waals surface area contributed by atoms with E-state index in [2.05, 4.69) is 0 Å². The minimum Gasteiger partial charge on any atom is -0.508 e. The highest BCUT2D eigenvalue weighted by molar-refractivity contribution is 6.06. The third-order valence-corrected chi connectivity index (χ3v) is 3.44. The topological polar surface area (TPSA) is 46.5 Å². The second kappa shape index (κ2) is 7.29. The summed E-state index contributed by atoms with van der Waals surface area (Å²) in [5.74, 6) is 1.55. The van der Waals surface area contributed by atoms with Crippen LogP contribution in [0.25, 0.3) is 6.08 Å². The number of phenolic OH excluding ortho intramolecular Hbond substituents is 1. The molecule has 3 nitrogen and oxygen atoms in total. The molecule has 0 radical (unpaired) electrons. The standard InChI is InChI=1S/C21H16O3/c22-18-11-9-17(10-12-18)21(23)15-8-16-6-13-20(14-7-16)24-19-4-2-1-3-5-19/h1-15,22H/b15-8+. The van der Waals surface area contributed by atoms with Crippen molar-refractivity contribution in [1.29, 1.82) is 0 Å². The lowest BCUT2D eigenvalue weighted by atomic mass is 10.1. The minimum absolute atomic E-state index is 0.111. The van der Waals surface area contributed by atoms with Gasteiger partial charge in [0.1, 0.15) is 17.2 Å². The molecule has 3 aromatic rings. The Kier molecular flexibility index (Phi) is 4.73. The molecule has 3 heteroatoms. The fraction of sp³-hybridized carbons (Fsp3) is 0. The largest absolute Gasteiger partial charge is 0.508 e. The molecule has 0 bridgehead atoms. The minimum atomic E-state index is -0.111. The molecule has 3 rings (SSSR count). The van der Waals surface area contributed by atoms with Crippen molar-refractivity contribution in [1.82, 2.24) is 0 Å². The van der Waals surface area contributed by atoms with Gasteiger partial charge in [0.15, 0.2) is 5.78 Å². The van der Waals surface area contributed by atoms with Gasteiger partial charge in [-0.1, -0.05) is 36.4 Å². The maximum atomic E-state index is 12.0. The number of allylic oxidation sites excluding steroid dienone is 1. The zero-order valence-corrected chi connectivity index (χ0v) is 12.9. The summed E-state index contributed by atoms with van der Waals surface area (Å²) in [7, 11) is 0. The Morgan fingerprint density at radius 3 is 2.08 bits per heavy atom. The molecule has 0 aliphatic heterocycles. The van der Waals surface area contributed by atoms with Crippen LogP contribution < -0.4 is 4.74 Å². The molecule has 0 saturated heterocycles. The quantitative estimate of drug-likeness (QED) is 0.527. The van der Waals surface area contributed by atoms with Crippen LogP contribution >= 0.6 is 0 Å². The summed E-state index contributed by atoms with van der Waals surface area (Å²) in [6.45, 7) is 0. The van der Waals surface area contributed by atoms with Crippen molar-refractivity contribution in [3.8, 4) is 17.2 Å². The molecule has 0 spiro atoms. The first kappa shape index (κ1) is 15.6. The van der Waals surface area contributed by atoms with Crippen LogP contribution in [-0.4, -0.2) is 10.9 Å². The molecule has 0 unspecified atom stereocenters. The van der Waals surface area contributed by atoms with E-state index in [1.54, 1.807) is 18.2 Å². The normalized spacial score (nSPS) is 10.7. The van der Waals surface area contributed by atoms with Crippen LogP contribution in [0.15, 0.2) is 84.9 Å². The summed E-state index contributed by atoms with van der Waals surface area (Å²) in [5.41, 5.74) is 1.44. The molecule has 118 valence electrons. The first-order chi connectivity index (χ1) is 11.7. The second-order valence-electron chi connectivity index (χ2n) is 5.23. The van der Waals surface area contributed by atoms with E-state index in [0.717, 1.165) is 17.1 Å². The molecule has 0 amide bonds. The number of ketones is 1. The summed E-state index contributed by atoms with van der Waals surface area (Å²) in [4.78, 5) is 12.0. The Labute approximate surface area is 140 Å². The van der Waals surface area contributed by atoms with Crippen LogP contribution in [0.1, 0.15) is 15.9 Å². The van der Waals surface area contributed by atoms with Gasteiger partial charge in [0.05, 0.1) is 0 Å². The molecule has 3 aromatic carbocycles. The summed E-state index contributed by atoms with van der Waals surface area (Å²) >= 11 is 0. The van der Waals surface area contributed by atoms with Crippen LogP contribution in [-0.2, 0) is 0 Å². The predicted octanol–water partition coefficient (Wildman–Crippen LogP) is 5.08. The van der Waals surface area contributed by atoms with E-state index in [1.165, 1.54) is 18.2 Å². The van der Waals surface area contributed by atoms with Crippen molar-refractivity contribution < 1.29 is 14.6 Å². The van der Waals surface area contributed by atoms with Crippen molar-refractivity contribution in [3.63, 3.8) is 0 Å². The van der Waals surface area contributed by atoms with Gasteiger partial charge >= 0.3 is 0 Å². The van der Waals surface area contributed by atoms with Gasteiger partial charge < -0.3 is 9.84 Å². The molecule has 0 fully saturated rings. The van der Waals surface area contributed by atoms with Crippen molar-refractivity contribution in [2.45, 2.75) is 0 Å². The summed E-state index contributed by atoms with van der Waals surface area (Å²) < 4.78 is 5.72. The van der Waals surface area contributed by atoms with Gasteiger partial charge in [0.25, 0.3) is 0 Å². The summed E-state index contributed by atoms with van der Waals surface area (Å²) in [6, 6.07) is 23.2. The number of ether oxygens (including phenoxy) is 1. The average molecular weight is 316 g/mol. The number of para-hydroxylation sites is 1. The third-order valence-electron chi connectivity index (χ3n) is 3.44. The van der Waals surface area contributed by atoms with Gasteiger partial charge in [0.2, 0.25) is 0 Å². The van der Waals surface area contributed by atoms with Gasteiger partial charge in [0, 0.05) is 5.56 Å². The van der Waals surface area contributed by atoms with Crippen molar-refractivity contribution >= 4 is 11.9 Å². The highest BCUT2D eigenvalue weighted by Crippen LogP contribution is 2.21. The smallest absolute Gasteiger partial charge is 0.185 e. The maximum Gasteiger partial charge on any atom is 0.185 e. The average Bonchev–Trinajstić information content (AvgIpc) is 2.62. The van der Waals surface area contributed by atoms with Crippen LogP contribution in [0.3, 0.4) is 0 Å². The van der Waals surface area contributed by atoms with E-state index in [-0.39, 0.29) is 11.5 Å². The molecule has 0 aliphatic carbocycles. The number of carbonyl (C=O) groups excluding carboxylic acids is 1. The maximum absolute atomic E-state index is 12.0. The van der Waals surface area contributed by atoms with Gasteiger partial charge in [-0.3, -0.25) is 4.79 Å². The first-order valence-corrected chi connectivity index (χ1v) is 7.55. The Balaban J connectivity index is 1.65. The number of carbonyl (C=O) groups is 1. The second-order valence-corrected chi connectivity index (χ2v) is 5.23. The lowest BCUT2D eigenvalue weighted by molar-refractivity contribution is 0.104. The highest BCUT2D eigenvalue weighted by Gasteiger charge is 2.01. The van der Waals surface area contributed by atoms with Crippen LogP contribution in [0.2, 0.25) is 0 Å². The first-order valence-electron chi connectivity index (χ1n) is 7.55. The Bertz CT molecular complexity index is 833. The fourth-order valence-corrected chi connectivity index (χ4v) is 2.17. The Morgan fingerprint density at radius 1 is 0.792 bits per heavy atom. The number of phenols is 1. The zero-order valence-electron chi connectivity index (χ0n) is 12.9. The molecule has 0 aromatic heterocycles. The lowest BCUT2D eigenvalue weighted by Gasteiger charge is -2.05. The number of aromatic hydroxyl groups is 1. The molecule has 0 aliphatic rings. The summed E-state index contributed by atoms with van der Waals surface area (Å²) in [5, 5.41) is 9.24. The van der Waals surface area contributed by atoms with E-state index in [4.69, 9.17) is 4.74 Å². The summed E-state index contributed by atoms with van der Waals surface area (Å²) in [6.07, 6.45) is 3.26. The monoisotopic (exact) mass is 316 g/mol. The Morgan fingerprint density at radius 2 is 1.42 bits per heavy atom. The fourth-order valence-electron chi connectivity index (χ4n) is 2.17. The molecule has 0 heterocycles. The van der Waals surface area contributed by atoms with Gasteiger partial charge in [-0.2, -0.15) is 0 Å². The third kappa shape index (κ3) is 4.11. The van der Waals surface area contributed by atoms with E-state index >= 15 is 0 Å². The van der Waals surface area contributed by atoms with E-state index in [1.807, 2.05) is 54.6 Å². The van der Waals surface area contributed by atoms with E-state index in [0.29, 0.717) is 5.56 Å². The van der Waals surface area contributed by atoms with E-state index in [9.17, 15) is 9.90 Å². The highest BCUT2D eigenvalue weighted by atomic mass is 16.5. The molecule has 24 heavy (non-hydrogen) atoms. The number of rotatable bonds is 5. The van der Waals surface area contributed by atoms with Gasteiger partial charge in [-0.05, 0) is 60.2 Å². The lowest BCUT2D eigenvalue weighted by Crippen LogP contribution is -1.92. The van der Waals surface area contributed by atoms with Crippen LogP contribution in [0.4, 0.5) is 0 Å². The predicted molar refractivity (Wildman–Crippen MR) is 94.4 cm³/mol. The van der Waals surface area contributed by atoms with Crippen molar-refractivity contribution in [2.75, 3.05) is 0 Å². The molecule has 0 saturated carbocycles. The molecular formula is C21H16O3. The zero-order chi connectivity index (χ0) is 16.8.